The third-order valence-corrected chi connectivity index (χ3v) is 4.10. The number of imidazole rings is 1. The van der Waals surface area contributed by atoms with Crippen molar-refractivity contribution in [3.8, 4) is 11.5 Å². The van der Waals surface area contributed by atoms with Gasteiger partial charge < -0.3 is 19.1 Å². The Balaban J connectivity index is 2.15. The van der Waals surface area contributed by atoms with E-state index in [1.807, 2.05) is 42.5 Å². The highest BCUT2D eigenvalue weighted by atomic mass is 16.5. The number of aryl methyl sites for hydroxylation is 1. The molecule has 24 heavy (non-hydrogen) atoms. The largest absolute Gasteiger partial charge is 0.493 e. The van der Waals surface area contributed by atoms with Crippen molar-refractivity contribution in [2.24, 2.45) is 0 Å². The second-order valence-corrected chi connectivity index (χ2v) is 5.60. The van der Waals surface area contributed by atoms with Gasteiger partial charge in [0.2, 0.25) is 0 Å². The summed E-state index contributed by atoms with van der Waals surface area (Å²) in [6, 6.07) is 13.4. The van der Waals surface area contributed by atoms with E-state index in [2.05, 4.69) is 16.5 Å². The molecule has 5 heteroatoms. The highest BCUT2D eigenvalue weighted by molar-refractivity contribution is 5.76. The molecule has 5 nitrogen and oxygen atoms in total. The molecular formula is C19H22N2O3. The fourth-order valence-corrected chi connectivity index (χ4v) is 3.03. The van der Waals surface area contributed by atoms with E-state index in [0.29, 0.717) is 22.9 Å². The highest BCUT2D eigenvalue weighted by Gasteiger charge is 2.24. The number of hydrogen-bond donors (Lipinski definition) is 1. The average Bonchev–Trinajstić information content (AvgIpc) is 2.99. The van der Waals surface area contributed by atoms with E-state index >= 15 is 0 Å². The predicted molar refractivity (Wildman–Crippen MR) is 93.6 cm³/mol. The summed E-state index contributed by atoms with van der Waals surface area (Å²) in [7, 11) is 3.16. The molecule has 126 valence electrons. The van der Waals surface area contributed by atoms with Crippen molar-refractivity contribution in [2.75, 3.05) is 14.2 Å². The van der Waals surface area contributed by atoms with Crippen molar-refractivity contribution in [1.82, 2.24) is 9.55 Å². The van der Waals surface area contributed by atoms with Crippen LogP contribution in [0.2, 0.25) is 0 Å². The van der Waals surface area contributed by atoms with Crippen LogP contribution in [0, 0.1) is 0 Å². The van der Waals surface area contributed by atoms with Crippen LogP contribution in [-0.2, 0) is 6.54 Å². The molecule has 0 saturated heterocycles. The topological polar surface area (TPSA) is 56.5 Å². The number of aliphatic hydroxyl groups excluding tert-OH is 1. The molecule has 0 aliphatic rings. The Bertz CT molecular complexity index is 842. The Morgan fingerprint density at radius 2 is 1.88 bits per heavy atom. The first-order chi connectivity index (χ1) is 11.7. The van der Waals surface area contributed by atoms with Crippen molar-refractivity contribution < 1.29 is 14.6 Å². The Morgan fingerprint density at radius 3 is 2.58 bits per heavy atom. The lowest BCUT2D eigenvalue weighted by molar-refractivity contribution is 0.198. The maximum absolute atomic E-state index is 11.0. The Labute approximate surface area is 141 Å². The third-order valence-electron chi connectivity index (χ3n) is 4.10. The van der Waals surface area contributed by atoms with E-state index in [1.165, 1.54) is 0 Å². The number of nitrogens with zero attached hydrogens (tertiary/aromatic N) is 2. The van der Waals surface area contributed by atoms with Gasteiger partial charge in [-0.15, -0.1) is 0 Å². The molecular weight excluding hydrogens is 304 g/mol. The van der Waals surface area contributed by atoms with Gasteiger partial charge in [0.25, 0.3) is 0 Å². The van der Waals surface area contributed by atoms with Crippen LogP contribution >= 0.6 is 0 Å². The smallest absolute Gasteiger partial charge is 0.166 e. The van der Waals surface area contributed by atoms with Gasteiger partial charge in [0.05, 0.1) is 25.3 Å². The van der Waals surface area contributed by atoms with Crippen LogP contribution in [0.5, 0.6) is 11.5 Å². The summed E-state index contributed by atoms with van der Waals surface area (Å²) in [6.45, 7) is 2.90. The molecule has 1 atom stereocenters. The standard InChI is InChI=1S/C19H22N2O3/c1-4-12-21-15-10-6-5-9-14(15)20-19(21)17(22)13-8-7-11-16(23-2)18(13)24-3/h5-11,17,22H,4,12H2,1-3H3/t17-/m1/s1. The Morgan fingerprint density at radius 1 is 1.08 bits per heavy atom. The Hall–Kier alpha value is -2.53. The summed E-state index contributed by atoms with van der Waals surface area (Å²) in [5, 5.41) is 11.0. The van der Waals surface area contributed by atoms with Crippen molar-refractivity contribution in [3.63, 3.8) is 0 Å². The summed E-state index contributed by atoms with van der Waals surface area (Å²) in [4.78, 5) is 4.66. The molecule has 3 rings (SSSR count). The number of ether oxygens (including phenoxy) is 2. The zero-order valence-electron chi connectivity index (χ0n) is 14.2. The first-order valence-corrected chi connectivity index (χ1v) is 8.05. The lowest BCUT2D eigenvalue weighted by Crippen LogP contribution is -2.11. The fraction of sp³-hybridized carbons (Fsp3) is 0.316. The molecule has 0 aliphatic heterocycles. The zero-order chi connectivity index (χ0) is 17.1. The van der Waals surface area contributed by atoms with Crippen LogP contribution in [-0.4, -0.2) is 28.9 Å². The number of fused-ring (bicyclic) bond motifs is 1. The van der Waals surface area contributed by atoms with Gasteiger partial charge in [-0.3, -0.25) is 0 Å². The monoisotopic (exact) mass is 326 g/mol. The van der Waals surface area contributed by atoms with Crippen molar-refractivity contribution in [2.45, 2.75) is 26.0 Å². The lowest BCUT2D eigenvalue weighted by atomic mass is 10.1. The van der Waals surface area contributed by atoms with Crippen molar-refractivity contribution >= 4 is 11.0 Å². The number of benzene rings is 2. The quantitative estimate of drug-likeness (QED) is 0.753. The van der Waals surface area contributed by atoms with Crippen LogP contribution in [0.4, 0.5) is 0 Å². The van der Waals surface area contributed by atoms with Gasteiger partial charge in [-0.05, 0) is 24.6 Å². The number of aliphatic hydroxyl groups is 1. The molecule has 2 aromatic carbocycles. The minimum atomic E-state index is -0.894. The molecule has 1 N–H and O–H groups in total. The van der Waals surface area contributed by atoms with E-state index in [1.54, 1.807) is 14.2 Å². The maximum Gasteiger partial charge on any atom is 0.166 e. The summed E-state index contributed by atoms with van der Waals surface area (Å²) in [5.74, 6) is 1.74. The molecule has 0 amide bonds. The molecule has 0 fully saturated rings. The molecule has 1 heterocycles. The number of para-hydroxylation sites is 3. The van der Waals surface area contributed by atoms with Gasteiger partial charge in [0.1, 0.15) is 11.9 Å². The van der Waals surface area contributed by atoms with Gasteiger partial charge in [0, 0.05) is 12.1 Å². The van der Waals surface area contributed by atoms with Crippen molar-refractivity contribution in [3.05, 3.63) is 53.9 Å². The normalized spacial score (nSPS) is 12.3. The van der Waals surface area contributed by atoms with E-state index in [0.717, 1.165) is 24.0 Å². The van der Waals surface area contributed by atoms with Crippen LogP contribution < -0.4 is 9.47 Å². The number of aromatic nitrogens is 2. The van der Waals surface area contributed by atoms with Crippen molar-refractivity contribution in [1.29, 1.82) is 0 Å². The van der Waals surface area contributed by atoms with E-state index < -0.39 is 6.10 Å². The second kappa shape index (κ2) is 6.93. The minimum Gasteiger partial charge on any atom is -0.493 e. The third kappa shape index (κ3) is 2.71. The molecule has 3 aromatic rings. The molecule has 1 aromatic heterocycles. The second-order valence-electron chi connectivity index (χ2n) is 5.60. The van der Waals surface area contributed by atoms with Crippen LogP contribution in [0.15, 0.2) is 42.5 Å². The van der Waals surface area contributed by atoms with Gasteiger partial charge in [0.15, 0.2) is 11.5 Å². The molecule has 0 aliphatic carbocycles. The number of methoxy groups -OCH3 is 2. The summed E-state index contributed by atoms with van der Waals surface area (Å²) < 4.78 is 12.9. The summed E-state index contributed by atoms with van der Waals surface area (Å²) in [6.07, 6.45) is 0.0592. The van der Waals surface area contributed by atoms with E-state index in [-0.39, 0.29) is 0 Å². The SMILES string of the molecule is CCCn1c([C@H](O)c2cccc(OC)c2OC)nc2ccccc21. The van der Waals surface area contributed by atoms with Crippen LogP contribution in [0.1, 0.15) is 30.8 Å². The first-order valence-electron chi connectivity index (χ1n) is 8.05. The lowest BCUT2D eigenvalue weighted by Gasteiger charge is -2.18. The molecule has 0 bridgehead atoms. The van der Waals surface area contributed by atoms with Gasteiger partial charge >= 0.3 is 0 Å². The van der Waals surface area contributed by atoms with Crippen LogP contribution in [0.25, 0.3) is 11.0 Å². The molecule has 0 unspecified atom stereocenters. The summed E-state index contributed by atoms with van der Waals surface area (Å²) >= 11 is 0. The summed E-state index contributed by atoms with van der Waals surface area (Å²) in [5.41, 5.74) is 2.54. The van der Waals surface area contributed by atoms with E-state index in [4.69, 9.17) is 9.47 Å². The van der Waals surface area contributed by atoms with Gasteiger partial charge in [-0.1, -0.05) is 31.2 Å². The minimum absolute atomic E-state index is 0.530. The first kappa shape index (κ1) is 16.3. The average molecular weight is 326 g/mol. The zero-order valence-corrected chi connectivity index (χ0v) is 14.2. The molecule has 0 saturated carbocycles. The Kier molecular flexibility index (Phi) is 4.71. The molecule has 0 spiro atoms. The number of hydrogen-bond acceptors (Lipinski definition) is 4. The van der Waals surface area contributed by atoms with E-state index in [9.17, 15) is 5.11 Å². The highest BCUT2D eigenvalue weighted by Crippen LogP contribution is 2.37. The van der Waals surface area contributed by atoms with Gasteiger partial charge in [-0.25, -0.2) is 4.98 Å². The maximum atomic E-state index is 11.0. The predicted octanol–water partition coefficient (Wildman–Crippen LogP) is 3.55. The number of rotatable bonds is 6. The fourth-order valence-electron chi connectivity index (χ4n) is 3.03. The van der Waals surface area contributed by atoms with Gasteiger partial charge in [-0.2, -0.15) is 0 Å². The molecule has 0 radical (unpaired) electrons. The van der Waals surface area contributed by atoms with Crippen LogP contribution in [0.3, 0.4) is 0 Å².